The number of amides is 1. The van der Waals surface area contributed by atoms with E-state index in [1.54, 1.807) is 24.9 Å². The fraction of sp³-hybridized carbons (Fsp3) is 0.357. The molecule has 0 radical (unpaired) electrons. The van der Waals surface area contributed by atoms with Gasteiger partial charge in [-0.25, -0.2) is 13.6 Å². The molecule has 2 rings (SSSR count). The van der Waals surface area contributed by atoms with Crippen molar-refractivity contribution in [3.63, 3.8) is 0 Å². The Morgan fingerprint density at radius 1 is 1.38 bits per heavy atom. The number of methoxy groups -OCH3 is 1. The summed E-state index contributed by atoms with van der Waals surface area (Å²) in [6, 6.07) is 5.00. The van der Waals surface area contributed by atoms with Crippen molar-refractivity contribution in [2.24, 2.45) is 5.14 Å². The number of nitrogens with one attached hydrogen (secondary N) is 1. The van der Waals surface area contributed by atoms with Crippen LogP contribution >= 0.6 is 0 Å². The van der Waals surface area contributed by atoms with Crippen LogP contribution in [-0.4, -0.2) is 42.8 Å². The van der Waals surface area contributed by atoms with E-state index in [0.29, 0.717) is 24.5 Å². The fourth-order valence-corrected chi connectivity index (χ4v) is 2.62. The number of rotatable bonds is 7. The highest BCUT2D eigenvalue weighted by Crippen LogP contribution is 2.12. The summed E-state index contributed by atoms with van der Waals surface area (Å²) in [4.78, 5) is 12.2. The molecule has 0 aliphatic carbocycles. The van der Waals surface area contributed by atoms with E-state index in [1.807, 2.05) is 0 Å². The predicted molar refractivity (Wildman–Crippen MR) is 85.6 cm³/mol. The Morgan fingerprint density at radius 2 is 2.04 bits per heavy atom. The predicted octanol–water partition coefficient (Wildman–Crippen LogP) is 0.0629. The number of hydrogen-bond acceptors (Lipinski definition) is 6. The summed E-state index contributed by atoms with van der Waals surface area (Å²) >= 11 is 0. The van der Waals surface area contributed by atoms with Crippen molar-refractivity contribution in [2.75, 3.05) is 13.7 Å². The monoisotopic (exact) mass is 353 g/mol. The largest absolute Gasteiger partial charge is 0.383 e. The van der Waals surface area contributed by atoms with Crippen LogP contribution in [0, 0.1) is 0 Å². The van der Waals surface area contributed by atoms with Gasteiger partial charge in [0, 0.05) is 19.2 Å². The lowest BCUT2D eigenvalue weighted by atomic mass is 10.2. The second kappa shape index (κ2) is 7.51. The van der Waals surface area contributed by atoms with Crippen LogP contribution in [0.3, 0.4) is 0 Å². The molecule has 0 saturated carbocycles. The second-order valence-corrected chi connectivity index (χ2v) is 6.70. The van der Waals surface area contributed by atoms with Crippen molar-refractivity contribution < 1.29 is 17.9 Å². The number of sulfonamides is 1. The van der Waals surface area contributed by atoms with Gasteiger partial charge in [0.15, 0.2) is 5.82 Å². The molecule has 1 atom stereocenters. The minimum Gasteiger partial charge on any atom is -0.383 e. The lowest BCUT2D eigenvalue weighted by Gasteiger charge is -2.15. The average Bonchev–Trinajstić information content (AvgIpc) is 3.00. The number of ether oxygens (including phenoxy) is 1. The first kappa shape index (κ1) is 18.0. The molecular formula is C14H19N5O4S. The van der Waals surface area contributed by atoms with Crippen LogP contribution in [0.2, 0.25) is 0 Å². The number of nitrogens with two attached hydrogens (primary N) is 1. The zero-order valence-electron chi connectivity index (χ0n) is 13.3. The van der Waals surface area contributed by atoms with Crippen molar-refractivity contribution in [1.29, 1.82) is 0 Å². The van der Waals surface area contributed by atoms with Crippen LogP contribution in [0.5, 0.6) is 0 Å². The maximum atomic E-state index is 12.3. The number of carbonyl (C=O) groups is 1. The Balaban J connectivity index is 2.08. The van der Waals surface area contributed by atoms with Gasteiger partial charge in [0.25, 0.3) is 5.91 Å². The lowest BCUT2D eigenvalue weighted by molar-refractivity contribution is 0.0937. The molecule has 10 heteroatoms. The molecule has 1 heterocycles. The van der Waals surface area contributed by atoms with E-state index in [1.165, 1.54) is 24.3 Å². The Hall–Kier alpha value is -2.30. The maximum absolute atomic E-state index is 12.3. The van der Waals surface area contributed by atoms with Crippen LogP contribution in [0.1, 0.15) is 29.1 Å². The van der Waals surface area contributed by atoms with Crippen LogP contribution in [0.15, 0.2) is 35.5 Å². The number of primary sulfonamides is 1. The summed E-state index contributed by atoms with van der Waals surface area (Å²) in [7, 11) is -2.19. The Morgan fingerprint density at radius 3 is 2.62 bits per heavy atom. The van der Waals surface area contributed by atoms with Gasteiger partial charge in [-0.15, -0.1) is 10.2 Å². The van der Waals surface area contributed by atoms with Crippen LogP contribution in [0.4, 0.5) is 0 Å². The highest BCUT2D eigenvalue weighted by molar-refractivity contribution is 7.89. The van der Waals surface area contributed by atoms with E-state index in [4.69, 9.17) is 9.88 Å². The van der Waals surface area contributed by atoms with Crippen molar-refractivity contribution in [3.8, 4) is 0 Å². The molecule has 0 bridgehead atoms. The molecular weight excluding hydrogens is 334 g/mol. The van der Waals surface area contributed by atoms with Crippen molar-refractivity contribution >= 4 is 15.9 Å². The molecule has 1 aromatic heterocycles. The average molecular weight is 353 g/mol. The van der Waals surface area contributed by atoms with Crippen molar-refractivity contribution in [2.45, 2.75) is 24.4 Å². The molecule has 0 aliphatic heterocycles. The molecule has 130 valence electrons. The number of carbonyl (C=O) groups excluding carboxylic acids is 1. The topological polar surface area (TPSA) is 129 Å². The highest BCUT2D eigenvalue weighted by Gasteiger charge is 2.17. The molecule has 1 unspecified atom stereocenters. The molecule has 9 nitrogen and oxygen atoms in total. The standard InChI is InChI=1S/C14H19N5O4S/c1-10(13-18-16-9-19(13)7-8-23-2)17-14(20)11-3-5-12(6-4-11)24(15,21)22/h3-6,9-10H,7-8H2,1-2H3,(H,17,20)(H2,15,21,22). The van der Waals surface area contributed by atoms with E-state index in [-0.39, 0.29) is 16.8 Å². The fourth-order valence-electron chi connectivity index (χ4n) is 2.10. The third-order valence-electron chi connectivity index (χ3n) is 3.36. The lowest BCUT2D eigenvalue weighted by Crippen LogP contribution is -2.29. The van der Waals surface area contributed by atoms with Gasteiger partial charge in [0.2, 0.25) is 10.0 Å². The first-order valence-electron chi connectivity index (χ1n) is 7.13. The molecule has 24 heavy (non-hydrogen) atoms. The van der Waals surface area contributed by atoms with Crippen LogP contribution in [0.25, 0.3) is 0 Å². The van der Waals surface area contributed by atoms with E-state index >= 15 is 0 Å². The van der Waals surface area contributed by atoms with Crippen molar-refractivity contribution in [3.05, 3.63) is 42.0 Å². The summed E-state index contributed by atoms with van der Waals surface area (Å²) < 4.78 is 29.2. The maximum Gasteiger partial charge on any atom is 0.251 e. The van der Waals surface area contributed by atoms with Gasteiger partial charge >= 0.3 is 0 Å². The second-order valence-electron chi connectivity index (χ2n) is 5.14. The molecule has 3 N–H and O–H groups in total. The van der Waals surface area contributed by atoms with Gasteiger partial charge in [-0.1, -0.05) is 0 Å². The van der Waals surface area contributed by atoms with Crippen LogP contribution < -0.4 is 10.5 Å². The minimum atomic E-state index is -3.78. The van der Waals surface area contributed by atoms with Gasteiger partial charge in [-0.2, -0.15) is 0 Å². The SMILES string of the molecule is COCCn1cnnc1C(C)NC(=O)c1ccc(S(N)(=O)=O)cc1. The van der Waals surface area contributed by atoms with Gasteiger partial charge in [0.1, 0.15) is 6.33 Å². The number of hydrogen-bond donors (Lipinski definition) is 2. The molecule has 0 fully saturated rings. The minimum absolute atomic E-state index is 0.0496. The normalized spacial score (nSPS) is 12.8. The summed E-state index contributed by atoms with van der Waals surface area (Å²) in [6.07, 6.45) is 1.57. The Bertz CT molecular complexity index is 801. The van der Waals surface area contributed by atoms with E-state index in [2.05, 4.69) is 15.5 Å². The molecule has 0 saturated heterocycles. The van der Waals surface area contributed by atoms with Gasteiger partial charge < -0.3 is 14.6 Å². The quantitative estimate of drug-likeness (QED) is 0.724. The first-order valence-corrected chi connectivity index (χ1v) is 8.68. The highest BCUT2D eigenvalue weighted by atomic mass is 32.2. The van der Waals surface area contributed by atoms with E-state index in [9.17, 15) is 13.2 Å². The summed E-state index contributed by atoms with van der Waals surface area (Å²) in [6.45, 7) is 2.85. The number of nitrogens with zero attached hydrogens (tertiary/aromatic N) is 3. The first-order chi connectivity index (χ1) is 11.3. The Labute approximate surface area is 139 Å². The zero-order valence-corrected chi connectivity index (χ0v) is 14.2. The van der Waals surface area contributed by atoms with Gasteiger partial charge in [-0.3, -0.25) is 4.79 Å². The van der Waals surface area contributed by atoms with E-state index in [0.717, 1.165) is 0 Å². The number of aromatic nitrogens is 3. The zero-order chi connectivity index (χ0) is 17.7. The van der Waals surface area contributed by atoms with Crippen LogP contribution in [-0.2, 0) is 21.3 Å². The third kappa shape index (κ3) is 4.37. The summed E-state index contributed by atoms with van der Waals surface area (Å²) in [5.74, 6) is 0.242. The van der Waals surface area contributed by atoms with E-state index < -0.39 is 10.0 Å². The molecule has 0 spiro atoms. The Kier molecular flexibility index (Phi) is 5.65. The van der Waals surface area contributed by atoms with Crippen molar-refractivity contribution in [1.82, 2.24) is 20.1 Å². The number of benzene rings is 1. The molecule has 1 amide bonds. The molecule has 0 aliphatic rings. The third-order valence-corrected chi connectivity index (χ3v) is 4.29. The van der Waals surface area contributed by atoms with Gasteiger partial charge in [0.05, 0.1) is 17.5 Å². The summed E-state index contributed by atoms with van der Waals surface area (Å²) in [5, 5.41) is 15.7. The molecule has 2 aromatic rings. The van der Waals surface area contributed by atoms with Gasteiger partial charge in [-0.05, 0) is 31.2 Å². The smallest absolute Gasteiger partial charge is 0.251 e. The summed E-state index contributed by atoms with van der Waals surface area (Å²) in [5.41, 5.74) is 0.317. The molecule has 1 aromatic carbocycles.